The molecule has 1 aromatic carbocycles. The van der Waals surface area contributed by atoms with E-state index in [1.165, 1.54) is 6.07 Å². The first kappa shape index (κ1) is 15.8. The zero-order valence-corrected chi connectivity index (χ0v) is 13.3. The van der Waals surface area contributed by atoms with Crippen molar-refractivity contribution in [2.24, 2.45) is 7.05 Å². The van der Waals surface area contributed by atoms with Crippen LogP contribution in [0.3, 0.4) is 0 Å². The van der Waals surface area contributed by atoms with Gasteiger partial charge in [0.1, 0.15) is 5.69 Å². The van der Waals surface area contributed by atoms with Gasteiger partial charge in [0.2, 0.25) is 0 Å². The van der Waals surface area contributed by atoms with Crippen LogP contribution in [0.1, 0.15) is 18.4 Å². The first-order chi connectivity index (χ1) is 11.6. The normalized spacial score (nSPS) is 17.3. The van der Waals surface area contributed by atoms with Gasteiger partial charge in [-0.1, -0.05) is 0 Å². The van der Waals surface area contributed by atoms with Crippen molar-refractivity contribution >= 4 is 17.1 Å². The Labute approximate surface area is 139 Å². The van der Waals surface area contributed by atoms with Crippen molar-refractivity contribution in [2.45, 2.75) is 18.9 Å². The maximum atomic E-state index is 11.3. The van der Waals surface area contributed by atoms with Crippen LogP contribution < -0.4 is 10.2 Å². The first-order valence-corrected chi connectivity index (χ1v) is 7.75. The number of nitriles is 1. The second-order valence-electron chi connectivity index (χ2n) is 5.90. The predicted octanol–water partition coefficient (Wildman–Crippen LogP) is 2.28. The summed E-state index contributed by atoms with van der Waals surface area (Å²) in [5.74, 6) is 0. The number of nitro benzene ring substituents is 1. The molecule has 0 bridgehead atoms. The fourth-order valence-electron chi connectivity index (χ4n) is 3.00. The Morgan fingerprint density at radius 3 is 3.00 bits per heavy atom. The van der Waals surface area contributed by atoms with E-state index >= 15 is 0 Å². The number of rotatable bonds is 4. The van der Waals surface area contributed by atoms with E-state index in [4.69, 9.17) is 5.26 Å². The fraction of sp³-hybridized carbons (Fsp3) is 0.375. The molecule has 0 saturated carbocycles. The third-order valence-electron chi connectivity index (χ3n) is 4.16. The van der Waals surface area contributed by atoms with Gasteiger partial charge in [-0.2, -0.15) is 10.4 Å². The van der Waals surface area contributed by atoms with Gasteiger partial charge < -0.3 is 10.2 Å². The number of nitrogens with one attached hydrogen (secondary N) is 1. The number of anilines is 2. The quantitative estimate of drug-likeness (QED) is 0.683. The molecule has 0 radical (unpaired) electrons. The van der Waals surface area contributed by atoms with Crippen LogP contribution >= 0.6 is 0 Å². The average molecular weight is 326 g/mol. The van der Waals surface area contributed by atoms with E-state index in [2.05, 4.69) is 15.3 Å². The SMILES string of the molecule is Cn1cc(N2CCCC(Nc3ccc(C#N)cc3[N+](=O)[O-])C2)cn1. The van der Waals surface area contributed by atoms with Gasteiger partial charge in [0.15, 0.2) is 0 Å². The molecular formula is C16H18N6O2. The molecule has 1 fully saturated rings. The van der Waals surface area contributed by atoms with Gasteiger partial charge in [0.25, 0.3) is 5.69 Å². The van der Waals surface area contributed by atoms with Crippen LogP contribution in [0.4, 0.5) is 17.1 Å². The van der Waals surface area contributed by atoms with Crippen molar-refractivity contribution in [2.75, 3.05) is 23.3 Å². The lowest BCUT2D eigenvalue weighted by atomic mass is 10.0. The summed E-state index contributed by atoms with van der Waals surface area (Å²) in [6.45, 7) is 1.70. The van der Waals surface area contributed by atoms with Crippen molar-refractivity contribution in [3.63, 3.8) is 0 Å². The highest BCUT2D eigenvalue weighted by atomic mass is 16.6. The smallest absolute Gasteiger partial charge is 0.293 e. The highest BCUT2D eigenvalue weighted by Crippen LogP contribution is 2.28. The summed E-state index contributed by atoms with van der Waals surface area (Å²) < 4.78 is 1.76. The van der Waals surface area contributed by atoms with E-state index < -0.39 is 4.92 Å². The topological polar surface area (TPSA) is 100 Å². The molecule has 8 nitrogen and oxygen atoms in total. The molecule has 2 heterocycles. The van der Waals surface area contributed by atoms with E-state index in [1.54, 1.807) is 16.8 Å². The van der Waals surface area contributed by atoms with Crippen LogP contribution in [0, 0.1) is 21.4 Å². The van der Waals surface area contributed by atoms with Crippen molar-refractivity contribution in [1.82, 2.24) is 9.78 Å². The predicted molar refractivity (Wildman–Crippen MR) is 89.9 cm³/mol. The Kier molecular flexibility index (Phi) is 4.33. The Hall–Kier alpha value is -3.08. The number of hydrogen-bond acceptors (Lipinski definition) is 6. The summed E-state index contributed by atoms with van der Waals surface area (Å²) in [7, 11) is 1.88. The molecule has 8 heteroatoms. The molecule has 1 unspecified atom stereocenters. The summed E-state index contributed by atoms with van der Waals surface area (Å²) in [6, 6.07) is 6.55. The Bertz CT molecular complexity index is 794. The number of piperidine rings is 1. The number of aryl methyl sites for hydroxylation is 1. The Balaban J connectivity index is 1.76. The molecule has 0 spiro atoms. The van der Waals surface area contributed by atoms with Crippen molar-refractivity contribution < 1.29 is 4.92 Å². The average Bonchev–Trinajstić information content (AvgIpc) is 3.02. The number of nitro groups is 1. The zero-order chi connectivity index (χ0) is 17.1. The van der Waals surface area contributed by atoms with E-state index in [0.717, 1.165) is 31.6 Å². The summed E-state index contributed by atoms with van der Waals surface area (Å²) in [6.07, 6.45) is 5.73. The molecular weight excluding hydrogens is 308 g/mol. The van der Waals surface area contributed by atoms with Crippen LogP contribution in [0.15, 0.2) is 30.6 Å². The third-order valence-corrected chi connectivity index (χ3v) is 4.16. The largest absolute Gasteiger partial charge is 0.375 e. The fourth-order valence-corrected chi connectivity index (χ4v) is 3.00. The number of benzene rings is 1. The van der Waals surface area contributed by atoms with Crippen LogP contribution in [-0.2, 0) is 7.05 Å². The minimum Gasteiger partial charge on any atom is -0.375 e. The minimum absolute atomic E-state index is 0.0625. The molecule has 1 aliphatic rings. The lowest BCUT2D eigenvalue weighted by Gasteiger charge is -2.34. The van der Waals surface area contributed by atoms with Crippen molar-refractivity contribution in [3.05, 3.63) is 46.3 Å². The third kappa shape index (κ3) is 3.30. The van der Waals surface area contributed by atoms with Crippen LogP contribution in [0.2, 0.25) is 0 Å². The lowest BCUT2D eigenvalue weighted by Crippen LogP contribution is -2.42. The van der Waals surface area contributed by atoms with Gasteiger partial charge >= 0.3 is 0 Å². The molecule has 0 aliphatic carbocycles. The second-order valence-corrected chi connectivity index (χ2v) is 5.90. The number of aromatic nitrogens is 2. The summed E-state index contributed by atoms with van der Waals surface area (Å²) >= 11 is 0. The van der Waals surface area contributed by atoms with Gasteiger partial charge in [0.05, 0.1) is 28.4 Å². The second kappa shape index (κ2) is 6.58. The summed E-state index contributed by atoms with van der Waals surface area (Å²) in [5, 5.41) is 27.6. The zero-order valence-electron chi connectivity index (χ0n) is 13.3. The van der Waals surface area contributed by atoms with Crippen molar-refractivity contribution in [1.29, 1.82) is 5.26 Å². The molecule has 2 aromatic rings. The van der Waals surface area contributed by atoms with Gasteiger partial charge in [-0.25, -0.2) is 0 Å². The first-order valence-electron chi connectivity index (χ1n) is 7.75. The van der Waals surface area contributed by atoms with Crippen LogP contribution in [-0.4, -0.2) is 33.8 Å². The van der Waals surface area contributed by atoms with E-state index in [1.807, 2.05) is 25.5 Å². The van der Waals surface area contributed by atoms with Gasteiger partial charge in [-0.05, 0) is 25.0 Å². The van der Waals surface area contributed by atoms with E-state index in [9.17, 15) is 10.1 Å². The standard InChI is InChI=1S/C16H18N6O2/c1-20-11-14(9-18-20)21-6-2-3-13(10-21)19-15-5-4-12(8-17)7-16(15)22(23)24/h4-5,7,9,11,13,19H,2-3,6,10H2,1H3. The minimum atomic E-state index is -0.453. The van der Waals surface area contributed by atoms with Crippen molar-refractivity contribution in [3.8, 4) is 6.07 Å². The monoisotopic (exact) mass is 326 g/mol. The van der Waals surface area contributed by atoms with Gasteiger partial charge in [0, 0.05) is 38.4 Å². The lowest BCUT2D eigenvalue weighted by molar-refractivity contribution is -0.384. The molecule has 0 amide bonds. The highest BCUT2D eigenvalue weighted by Gasteiger charge is 2.23. The molecule has 1 atom stereocenters. The molecule has 1 aliphatic heterocycles. The highest BCUT2D eigenvalue weighted by molar-refractivity contribution is 5.64. The Morgan fingerprint density at radius 2 is 2.33 bits per heavy atom. The molecule has 1 saturated heterocycles. The molecule has 24 heavy (non-hydrogen) atoms. The molecule has 3 rings (SSSR count). The van der Waals surface area contributed by atoms with E-state index in [0.29, 0.717) is 5.69 Å². The van der Waals surface area contributed by atoms with Crippen LogP contribution in [0.5, 0.6) is 0 Å². The summed E-state index contributed by atoms with van der Waals surface area (Å²) in [5.41, 5.74) is 1.73. The maximum Gasteiger partial charge on any atom is 0.293 e. The number of nitrogens with zero attached hydrogens (tertiary/aromatic N) is 5. The maximum absolute atomic E-state index is 11.3. The molecule has 124 valence electrons. The summed E-state index contributed by atoms with van der Waals surface area (Å²) in [4.78, 5) is 13.0. The van der Waals surface area contributed by atoms with Crippen LogP contribution in [0.25, 0.3) is 0 Å². The van der Waals surface area contributed by atoms with E-state index in [-0.39, 0.29) is 17.3 Å². The molecule has 1 N–H and O–H groups in total. The van der Waals surface area contributed by atoms with Gasteiger partial charge in [-0.3, -0.25) is 14.8 Å². The Morgan fingerprint density at radius 1 is 1.50 bits per heavy atom. The molecule has 1 aromatic heterocycles. The van der Waals surface area contributed by atoms with Gasteiger partial charge in [-0.15, -0.1) is 0 Å². The number of hydrogen-bond donors (Lipinski definition) is 1.